The van der Waals surface area contributed by atoms with Crippen molar-refractivity contribution in [1.82, 2.24) is 4.90 Å². The van der Waals surface area contributed by atoms with Crippen molar-refractivity contribution in [2.75, 3.05) is 6.54 Å². The Morgan fingerprint density at radius 3 is 2.02 bits per heavy atom. The van der Waals surface area contributed by atoms with Gasteiger partial charge in [-0.15, -0.1) is 0 Å². The van der Waals surface area contributed by atoms with E-state index in [1.807, 2.05) is 36.4 Å². The number of fused-ring (bicyclic) bond motifs is 1. The van der Waals surface area contributed by atoms with Crippen molar-refractivity contribution in [1.29, 1.82) is 0 Å². The monoisotopic (exact) mass is 563 g/mol. The lowest BCUT2D eigenvalue weighted by Crippen LogP contribution is -2.33. The molecule has 10 heteroatoms. The number of amides is 1. The first-order chi connectivity index (χ1) is 18.8. The van der Waals surface area contributed by atoms with Crippen molar-refractivity contribution in [2.45, 2.75) is 49.7 Å². The van der Waals surface area contributed by atoms with E-state index in [-0.39, 0.29) is 36.4 Å². The summed E-state index contributed by atoms with van der Waals surface area (Å²) in [5.41, 5.74) is -1.04. The maximum Gasteiger partial charge on any atom is 0.416 e. The molecular weight excluding hydrogens is 539 g/mol. The zero-order chi connectivity index (χ0) is 28.8. The van der Waals surface area contributed by atoms with Crippen molar-refractivity contribution in [3.8, 4) is 0 Å². The standard InChI is InChI=1S/C30H24F7NO2/c1-17(20-11-22(29(32,33)34)15-23(12-20)30(35,36)37)40-26-16-38-25(28(26)19-7-9-24(31)10-8-19)13-21(14-27(38)39)18-5-3-2-4-6-18/h2-13,15,17,21,26,28H,14,16H2,1H3/t17-,21?,26+,28+/m1/s1. The molecule has 2 aliphatic heterocycles. The summed E-state index contributed by atoms with van der Waals surface area (Å²) in [6.45, 7) is 1.42. The molecule has 1 unspecified atom stereocenters. The molecule has 4 atom stereocenters. The number of hydrogen-bond acceptors (Lipinski definition) is 2. The summed E-state index contributed by atoms with van der Waals surface area (Å²) in [6.07, 6.45) is -9.86. The third-order valence-corrected chi connectivity index (χ3v) is 7.35. The maximum absolute atomic E-state index is 13.8. The third-order valence-electron chi connectivity index (χ3n) is 7.35. The Hall–Kier alpha value is -3.66. The van der Waals surface area contributed by atoms with Gasteiger partial charge >= 0.3 is 12.4 Å². The van der Waals surface area contributed by atoms with E-state index in [1.165, 1.54) is 36.1 Å². The van der Waals surface area contributed by atoms with Crippen LogP contribution in [0.2, 0.25) is 0 Å². The lowest BCUT2D eigenvalue weighted by Gasteiger charge is -2.29. The molecule has 0 saturated carbocycles. The molecule has 0 N–H and O–H groups in total. The van der Waals surface area contributed by atoms with Crippen molar-refractivity contribution < 1.29 is 40.3 Å². The van der Waals surface area contributed by atoms with Gasteiger partial charge in [0.1, 0.15) is 5.82 Å². The van der Waals surface area contributed by atoms with Gasteiger partial charge in [0.25, 0.3) is 0 Å². The lowest BCUT2D eigenvalue weighted by atomic mass is 9.86. The fourth-order valence-corrected chi connectivity index (χ4v) is 5.40. The average molecular weight is 564 g/mol. The van der Waals surface area contributed by atoms with Gasteiger partial charge in [0.2, 0.25) is 5.91 Å². The van der Waals surface area contributed by atoms with Crippen LogP contribution in [0.15, 0.2) is 84.6 Å². The van der Waals surface area contributed by atoms with Crippen LogP contribution in [0.4, 0.5) is 30.7 Å². The van der Waals surface area contributed by atoms with Crippen molar-refractivity contribution in [2.24, 2.45) is 0 Å². The van der Waals surface area contributed by atoms with Gasteiger partial charge in [0.15, 0.2) is 0 Å². The second-order valence-corrected chi connectivity index (χ2v) is 10.0. The lowest BCUT2D eigenvalue weighted by molar-refractivity contribution is -0.143. The molecule has 0 bridgehead atoms. The Morgan fingerprint density at radius 2 is 1.45 bits per heavy atom. The highest BCUT2D eigenvalue weighted by Gasteiger charge is 2.45. The summed E-state index contributed by atoms with van der Waals surface area (Å²) in [5.74, 6) is -1.51. The van der Waals surface area contributed by atoms with E-state index < -0.39 is 47.4 Å². The van der Waals surface area contributed by atoms with Gasteiger partial charge in [-0.3, -0.25) is 4.79 Å². The Morgan fingerprint density at radius 1 is 0.850 bits per heavy atom. The predicted octanol–water partition coefficient (Wildman–Crippen LogP) is 8.01. The smallest absolute Gasteiger partial charge is 0.368 e. The molecule has 0 radical (unpaired) electrons. The van der Waals surface area contributed by atoms with Crippen molar-refractivity contribution in [3.63, 3.8) is 0 Å². The van der Waals surface area contributed by atoms with Gasteiger partial charge in [-0.2, -0.15) is 26.3 Å². The molecule has 40 heavy (non-hydrogen) atoms. The van der Waals surface area contributed by atoms with Crippen LogP contribution in [0.3, 0.4) is 0 Å². The molecule has 1 fully saturated rings. The van der Waals surface area contributed by atoms with Crippen LogP contribution in [-0.4, -0.2) is 23.5 Å². The number of nitrogens with zero attached hydrogens (tertiary/aromatic N) is 1. The van der Waals surface area contributed by atoms with E-state index in [1.54, 1.807) is 0 Å². The van der Waals surface area contributed by atoms with Gasteiger partial charge in [-0.05, 0) is 53.9 Å². The molecule has 5 rings (SSSR count). The van der Waals surface area contributed by atoms with E-state index in [0.29, 0.717) is 23.4 Å². The van der Waals surface area contributed by atoms with E-state index in [9.17, 15) is 35.5 Å². The molecule has 210 valence electrons. The molecule has 3 nitrogen and oxygen atoms in total. The zero-order valence-corrected chi connectivity index (χ0v) is 21.1. The van der Waals surface area contributed by atoms with E-state index >= 15 is 0 Å². The van der Waals surface area contributed by atoms with Crippen LogP contribution in [0.25, 0.3) is 0 Å². The SMILES string of the molecule is C[C@@H](O[C@H]1CN2C(=O)CC(c3ccccc3)C=C2[C@@H]1c1ccc(F)cc1)c1cc(C(F)(F)F)cc(C(F)(F)F)c1. The molecule has 0 aliphatic carbocycles. The molecular formula is C30H24F7NO2. The summed E-state index contributed by atoms with van der Waals surface area (Å²) in [6, 6.07) is 16.3. The number of allylic oxidation sites excluding steroid dienone is 1. The van der Waals surface area contributed by atoms with E-state index in [2.05, 4.69) is 0 Å². The van der Waals surface area contributed by atoms with Gasteiger partial charge in [-0.1, -0.05) is 48.5 Å². The van der Waals surface area contributed by atoms with Crippen molar-refractivity contribution >= 4 is 5.91 Å². The van der Waals surface area contributed by atoms with E-state index in [4.69, 9.17) is 4.74 Å². The number of carbonyl (C=O) groups is 1. The fraction of sp³-hybridized carbons (Fsp3) is 0.300. The Bertz CT molecular complexity index is 1380. The molecule has 1 amide bonds. The number of hydrogen-bond donors (Lipinski definition) is 0. The Kier molecular flexibility index (Phi) is 7.24. The molecule has 3 aromatic carbocycles. The first kappa shape index (κ1) is 27.9. The highest BCUT2D eigenvalue weighted by atomic mass is 19.4. The average Bonchev–Trinajstić information content (AvgIpc) is 3.26. The fourth-order valence-electron chi connectivity index (χ4n) is 5.40. The number of carbonyl (C=O) groups excluding carboxylic acids is 1. The molecule has 2 aliphatic rings. The number of rotatable bonds is 5. The number of benzene rings is 3. The zero-order valence-electron chi connectivity index (χ0n) is 21.1. The first-order valence-corrected chi connectivity index (χ1v) is 12.6. The third kappa shape index (κ3) is 5.63. The summed E-state index contributed by atoms with van der Waals surface area (Å²) in [4.78, 5) is 14.8. The molecule has 0 aromatic heterocycles. The van der Waals surface area contributed by atoms with Gasteiger partial charge in [-0.25, -0.2) is 4.39 Å². The van der Waals surface area contributed by atoms with Gasteiger partial charge < -0.3 is 9.64 Å². The van der Waals surface area contributed by atoms with Crippen LogP contribution >= 0.6 is 0 Å². The van der Waals surface area contributed by atoms with Crippen LogP contribution < -0.4 is 0 Å². The van der Waals surface area contributed by atoms with Crippen LogP contribution in [0.5, 0.6) is 0 Å². The largest absolute Gasteiger partial charge is 0.416 e. The van der Waals surface area contributed by atoms with Crippen molar-refractivity contribution in [3.05, 3.63) is 118 Å². The number of alkyl halides is 6. The molecule has 2 heterocycles. The Labute approximate surface area is 225 Å². The first-order valence-electron chi connectivity index (χ1n) is 12.6. The second kappa shape index (κ2) is 10.4. The summed E-state index contributed by atoms with van der Waals surface area (Å²) in [5, 5.41) is 0. The van der Waals surface area contributed by atoms with Crippen LogP contribution in [0.1, 0.15) is 59.1 Å². The minimum atomic E-state index is -5.00. The number of halogens is 7. The highest BCUT2D eigenvalue weighted by molar-refractivity contribution is 5.82. The number of ether oxygens (including phenoxy) is 1. The highest BCUT2D eigenvalue weighted by Crippen LogP contribution is 2.46. The van der Waals surface area contributed by atoms with Gasteiger partial charge in [0.05, 0.1) is 35.8 Å². The summed E-state index contributed by atoms with van der Waals surface area (Å²) >= 11 is 0. The van der Waals surface area contributed by atoms with Gasteiger partial charge in [0, 0.05) is 18.0 Å². The molecule has 0 spiro atoms. The minimum absolute atomic E-state index is 0.0453. The van der Waals surface area contributed by atoms with Crippen LogP contribution in [0, 0.1) is 5.82 Å². The predicted molar refractivity (Wildman–Crippen MR) is 132 cm³/mol. The second-order valence-electron chi connectivity index (χ2n) is 10.0. The molecule has 3 aromatic rings. The summed E-state index contributed by atoms with van der Waals surface area (Å²) < 4.78 is 101. The van der Waals surface area contributed by atoms with Crippen LogP contribution in [-0.2, 0) is 21.9 Å². The molecule has 1 saturated heterocycles. The van der Waals surface area contributed by atoms with E-state index in [0.717, 1.165) is 5.56 Å². The quantitative estimate of drug-likeness (QED) is 0.295. The topological polar surface area (TPSA) is 29.5 Å². The minimum Gasteiger partial charge on any atom is -0.368 e. The normalized spacial score (nSPS) is 22.2. The Balaban J connectivity index is 1.53. The maximum atomic E-state index is 13.8. The summed E-state index contributed by atoms with van der Waals surface area (Å²) in [7, 11) is 0.